The molecule has 0 spiro atoms. The van der Waals surface area contributed by atoms with Crippen molar-refractivity contribution in [2.45, 2.75) is 54.9 Å². The van der Waals surface area contributed by atoms with Crippen LogP contribution in [0.1, 0.15) is 60.5 Å². The van der Waals surface area contributed by atoms with Crippen molar-refractivity contribution < 1.29 is 4.79 Å². The number of hydrogen-bond donors (Lipinski definition) is 0. The number of rotatable bonds is 3. The van der Waals surface area contributed by atoms with Crippen molar-refractivity contribution in [3.63, 3.8) is 0 Å². The van der Waals surface area contributed by atoms with E-state index in [1.807, 2.05) is 51.1 Å². The summed E-state index contributed by atoms with van der Waals surface area (Å²) in [4.78, 5) is 12.4. The summed E-state index contributed by atoms with van der Waals surface area (Å²) in [5, 5.41) is 0. The van der Waals surface area contributed by atoms with E-state index in [0.717, 1.165) is 5.56 Å². The van der Waals surface area contributed by atoms with Gasteiger partial charge >= 0.3 is 0 Å². The minimum Gasteiger partial charge on any atom is -0.299 e. The molecule has 0 saturated carbocycles. The Bertz CT molecular complexity index is 544. The molecular formula is C21H30O. The molecule has 1 nitrogen and oxygen atoms in total. The molecule has 0 bridgehead atoms. The van der Waals surface area contributed by atoms with Gasteiger partial charge in [-0.25, -0.2) is 0 Å². The van der Waals surface area contributed by atoms with E-state index in [2.05, 4.69) is 39.5 Å². The summed E-state index contributed by atoms with van der Waals surface area (Å²) in [6, 6.07) is 10.00. The molecule has 0 aliphatic carbocycles. The molecule has 22 heavy (non-hydrogen) atoms. The van der Waals surface area contributed by atoms with Crippen LogP contribution in [0.2, 0.25) is 0 Å². The van der Waals surface area contributed by atoms with E-state index >= 15 is 0 Å². The van der Waals surface area contributed by atoms with Gasteiger partial charge in [-0.1, -0.05) is 78.5 Å². The normalized spacial score (nSPS) is 14.7. The van der Waals surface area contributed by atoms with E-state index in [1.54, 1.807) is 0 Å². The van der Waals surface area contributed by atoms with Crippen LogP contribution in [0.5, 0.6) is 0 Å². The molecule has 2 atom stereocenters. The lowest BCUT2D eigenvalue weighted by atomic mass is 9.71. The Labute approximate surface area is 136 Å². The van der Waals surface area contributed by atoms with Gasteiger partial charge in [0.2, 0.25) is 0 Å². The average molecular weight is 298 g/mol. The third kappa shape index (κ3) is 5.68. The summed E-state index contributed by atoms with van der Waals surface area (Å²) < 4.78 is 0. The zero-order valence-corrected chi connectivity index (χ0v) is 15.2. The molecule has 0 amide bonds. The second-order valence-electron chi connectivity index (χ2n) is 8.27. The molecule has 0 N–H and O–H groups in total. The van der Waals surface area contributed by atoms with Crippen LogP contribution in [-0.4, -0.2) is 5.78 Å². The maximum absolute atomic E-state index is 12.4. The lowest BCUT2D eigenvalue weighted by Gasteiger charge is -2.32. The first-order valence-corrected chi connectivity index (χ1v) is 8.11. The van der Waals surface area contributed by atoms with Crippen molar-refractivity contribution in [3.05, 3.63) is 35.9 Å². The summed E-state index contributed by atoms with van der Waals surface area (Å²) >= 11 is 0. The van der Waals surface area contributed by atoms with Gasteiger partial charge < -0.3 is 0 Å². The molecule has 1 rings (SSSR count). The third-order valence-corrected chi connectivity index (χ3v) is 4.39. The van der Waals surface area contributed by atoms with Crippen LogP contribution in [0.3, 0.4) is 0 Å². The summed E-state index contributed by atoms with van der Waals surface area (Å²) in [6.45, 7) is 14.8. The summed E-state index contributed by atoms with van der Waals surface area (Å²) in [6.07, 6.45) is 0.530. The zero-order valence-electron chi connectivity index (χ0n) is 15.2. The maximum Gasteiger partial charge on any atom is 0.139 e. The quantitative estimate of drug-likeness (QED) is 0.688. The van der Waals surface area contributed by atoms with Crippen molar-refractivity contribution in [3.8, 4) is 11.8 Å². The number of Topliss-reactive ketones (excluding diaryl/α,β-unsaturated/α-hetero) is 1. The Morgan fingerprint density at radius 3 is 2.05 bits per heavy atom. The van der Waals surface area contributed by atoms with E-state index in [0.29, 0.717) is 12.3 Å². The number of carbonyl (C=O) groups excluding carboxylic acids is 1. The van der Waals surface area contributed by atoms with Crippen LogP contribution in [0.4, 0.5) is 0 Å². The molecule has 0 aromatic heterocycles. The predicted octanol–water partition coefficient (Wildman–Crippen LogP) is 5.34. The molecule has 1 aromatic carbocycles. The predicted molar refractivity (Wildman–Crippen MR) is 94.5 cm³/mol. The first-order chi connectivity index (χ1) is 10.0. The minimum absolute atomic E-state index is 0.0898. The van der Waals surface area contributed by atoms with E-state index in [1.165, 1.54) is 0 Å². The Balaban J connectivity index is 3.03. The highest BCUT2D eigenvalue weighted by molar-refractivity contribution is 5.84. The van der Waals surface area contributed by atoms with Gasteiger partial charge in [-0.2, -0.15) is 0 Å². The Kier molecular flexibility index (Phi) is 6.00. The summed E-state index contributed by atoms with van der Waals surface area (Å²) in [5.74, 6) is 7.36. The van der Waals surface area contributed by atoms with E-state index in [9.17, 15) is 4.79 Å². The zero-order chi connectivity index (χ0) is 17.0. The molecule has 0 unspecified atom stereocenters. The van der Waals surface area contributed by atoms with Crippen molar-refractivity contribution in [1.82, 2.24) is 0 Å². The first kappa shape index (κ1) is 18.5. The fourth-order valence-corrected chi connectivity index (χ4v) is 2.16. The van der Waals surface area contributed by atoms with Gasteiger partial charge in [0.25, 0.3) is 0 Å². The first-order valence-electron chi connectivity index (χ1n) is 8.11. The average Bonchev–Trinajstić information content (AvgIpc) is 2.41. The lowest BCUT2D eigenvalue weighted by Crippen LogP contribution is -2.30. The van der Waals surface area contributed by atoms with Gasteiger partial charge in [0.15, 0.2) is 0 Å². The standard InChI is InChI=1S/C21H30O/c1-16(20(2,3)4)18(15-19(22)21(5,6)7)14-13-17-11-9-8-10-12-17/h8-12,16,18H,15H2,1-7H3/t16-,18+/m0/s1. The second-order valence-corrected chi connectivity index (χ2v) is 8.27. The molecule has 0 aliphatic rings. The number of benzene rings is 1. The molecule has 0 fully saturated rings. The molecular weight excluding hydrogens is 268 g/mol. The van der Waals surface area contributed by atoms with E-state index in [-0.39, 0.29) is 22.5 Å². The highest BCUT2D eigenvalue weighted by atomic mass is 16.1. The fourth-order valence-electron chi connectivity index (χ4n) is 2.16. The SMILES string of the molecule is C[C@@H]([C@H](C#Cc1ccccc1)CC(=O)C(C)(C)C)C(C)(C)C. The second kappa shape index (κ2) is 7.14. The van der Waals surface area contributed by atoms with Crippen molar-refractivity contribution in [2.75, 3.05) is 0 Å². The van der Waals surface area contributed by atoms with Crippen LogP contribution in [0.15, 0.2) is 30.3 Å². The molecule has 0 radical (unpaired) electrons. The van der Waals surface area contributed by atoms with Crippen molar-refractivity contribution in [2.24, 2.45) is 22.7 Å². The molecule has 1 aromatic rings. The molecule has 0 heterocycles. The molecule has 0 saturated heterocycles. The van der Waals surface area contributed by atoms with E-state index < -0.39 is 0 Å². The fraction of sp³-hybridized carbons (Fsp3) is 0.571. The Hall–Kier alpha value is -1.55. The van der Waals surface area contributed by atoms with Crippen LogP contribution >= 0.6 is 0 Å². The van der Waals surface area contributed by atoms with Gasteiger partial charge in [-0.15, -0.1) is 0 Å². The van der Waals surface area contributed by atoms with Crippen LogP contribution in [0, 0.1) is 34.5 Å². The number of carbonyl (C=O) groups is 1. The van der Waals surface area contributed by atoms with Crippen molar-refractivity contribution in [1.29, 1.82) is 0 Å². The summed E-state index contributed by atoms with van der Waals surface area (Å²) in [5.41, 5.74) is 0.843. The van der Waals surface area contributed by atoms with Gasteiger partial charge in [0.05, 0.1) is 0 Å². The number of ketones is 1. The van der Waals surface area contributed by atoms with Gasteiger partial charge in [-0.05, 0) is 23.5 Å². The molecule has 0 aliphatic heterocycles. The van der Waals surface area contributed by atoms with Gasteiger partial charge in [-0.3, -0.25) is 4.79 Å². The Morgan fingerprint density at radius 1 is 1.05 bits per heavy atom. The van der Waals surface area contributed by atoms with Crippen LogP contribution < -0.4 is 0 Å². The molecule has 1 heteroatoms. The van der Waals surface area contributed by atoms with Crippen LogP contribution in [0.25, 0.3) is 0 Å². The maximum atomic E-state index is 12.4. The van der Waals surface area contributed by atoms with Crippen LogP contribution in [-0.2, 0) is 4.79 Å². The number of hydrogen-bond acceptors (Lipinski definition) is 1. The third-order valence-electron chi connectivity index (χ3n) is 4.39. The van der Waals surface area contributed by atoms with Gasteiger partial charge in [0.1, 0.15) is 5.78 Å². The lowest BCUT2D eigenvalue weighted by molar-refractivity contribution is -0.127. The monoisotopic (exact) mass is 298 g/mol. The largest absolute Gasteiger partial charge is 0.299 e. The topological polar surface area (TPSA) is 17.1 Å². The summed E-state index contributed by atoms with van der Waals surface area (Å²) in [7, 11) is 0. The van der Waals surface area contributed by atoms with E-state index in [4.69, 9.17) is 0 Å². The highest BCUT2D eigenvalue weighted by Gasteiger charge is 2.31. The Morgan fingerprint density at radius 2 is 1.59 bits per heavy atom. The minimum atomic E-state index is -0.301. The van der Waals surface area contributed by atoms with Crippen molar-refractivity contribution >= 4 is 5.78 Å². The smallest absolute Gasteiger partial charge is 0.139 e. The molecule has 120 valence electrons. The van der Waals surface area contributed by atoms with Gasteiger partial charge in [0, 0.05) is 23.3 Å². The highest BCUT2D eigenvalue weighted by Crippen LogP contribution is 2.35.